The van der Waals surface area contributed by atoms with Crippen molar-refractivity contribution >= 4 is 22.4 Å². The van der Waals surface area contributed by atoms with Gasteiger partial charge in [0.15, 0.2) is 5.82 Å². The molecular weight excluding hydrogens is 458 g/mol. The highest BCUT2D eigenvalue weighted by Crippen LogP contribution is 2.41. The van der Waals surface area contributed by atoms with Gasteiger partial charge < -0.3 is 4.74 Å². The molecule has 0 aromatic carbocycles. The molecule has 8 nitrogen and oxygen atoms in total. The molecule has 0 saturated carbocycles. The van der Waals surface area contributed by atoms with Crippen molar-refractivity contribution in [1.82, 2.24) is 34.7 Å². The lowest BCUT2D eigenvalue weighted by Crippen LogP contribution is -2.33. The van der Waals surface area contributed by atoms with E-state index in [1.54, 1.807) is 11.3 Å². The van der Waals surface area contributed by atoms with E-state index in [9.17, 15) is 0 Å². The molecule has 0 unspecified atom stereocenters. The molecule has 0 bridgehead atoms. The zero-order valence-electron chi connectivity index (χ0n) is 19.9. The zero-order chi connectivity index (χ0) is 23.6. The number of nitrogens with one attached hydrogen (secondary N) is 1. The minimum Gasteiger partial charge on any atom is -0.492 e. The first-order valence-corrected chi connectivity index (χ1v) is 13.2. The van der Waals surface area contributed by atoms with Crippen LogP contribution in [0.15, 0.2) is 42.9 Å². The zero-order valence-corrected chi connectivity index (χ0v) is 20.7. The number of allylic oxidation sites excluding steroid dienone is 4. The lowest BCUT2D eigenvalue weighted by atomic mass is 10.0. The number of hydrogen-bond donors (Lipinski definition) is 1. The highest BCUT2D eigenvalue weighted by molar-refractivity contribution is 7.18. The van der Waals surface area contributed by atoms with Crippen LogP contribution in [0.25, 0.3) is 32.4 Å². The first-order valence-electron chi connectivity index (χ1n) is 12.3. The van der Waals surface area contributed by atoms with E-state index in [-0.39, 0.29) is 0 Å². The maximum atomic E-state index is 6.16. The minimum absolute atomic E-state index is 0.691. The molecule has 1 fully saturated rings. The van der Waals surface area contributed by atoms with Crippen molar-refractivity contribution < 1.29 is 4.74 Å². The van der Waals surface area contributed by atoms with Crippen LogP contribution >= 0.6 is 11.3 Å². The van der Waals surface area contributed by atoms with Gasteiger partial charge in [-0.15, -0.1) is 11.3 Å². The van der Waals surface area contributed by atoms with E-state index < -0.39 is 0 Å². The Morgan fingerprint density at radius 1 is 1.17 bits per heavy atom. The molecule has 4 aromatic heterocycles. The topological polar surface area (TPSA) is 84.2 Å². The number of likely N-dealkylation sites (tertiary alicyclic amines) is 1. The Labute approximate surface area is 208 Å². The van der Waals surface area contributed by atoms with Gasteiger partial charge in [0.2, 0.25) is 0 Å². The standard InChI is InChI=1S/C26H29N7OS/c1-18-22(21-16-20(10-13-33(21)31-18)34-15-14-32-11-6-3-7-12-32)26-29-23(19-8-4-2-5-9-19)24(35-26)25-27-17-28-30-25/h4,8-10,13,16-17H,2-3,5-7,11-12,14-15H2,1H3,(H,27,28,30). The molecule has 6 rings (SSSR count). The van der Waals surface area contributed by atoms with E-state index in [1.165, 1.54) is 38.7 Å². The van der Waals surface area contributed by atoms with Crippen LogP contribution in [0.1, 0.15) is 43.5 Å². The molecule has 180 valence electrons. The maximum absolute atomic E-state index is 6.16. The predicted octanol–water partition coefficient (Wildman–Crippen LogP) is 5.15. The van der Waals surface area contributed by atoms with Gasteiger partial charge in [0.05, 0.1) is 27.3 Å². The van der Waals surface area contributed by atoms with Crippen LogP contribution < -0.4 is 4.74 Å². The third-order valence-corrected chi connectivity index (χ3v) is 7.73. The monoisotopic (exact) mass is 487 g/mol. The van der Waals surface area contributed by atoms with Crippen molar-refractivity contribution in [2.24, 2.45) is 0 Å². The molecule has 1 saturated heterocycles. The second-order valence-corrected chi connectivity index (χ2v) is 10.1. The molecule has 9 heteroatoms. The van der Waals surface area contributed by atoms with Crippen molar-refractivity contribution in [3.8, 4) is 27.0 Å². The number of pyridine rings is 1. The highest BCUT2D eigenvalue weighted by atomic mass is 32.1. The lowest BCUT2D eigenvalue weighted by molar-refractivity contribution is 0.183. The van der Waals surface area contributed by atoms with Crippen LogP contribution in [0.4, 0.5) is 0 Å². The molecule has 5 heterocycles. The fourth-order valence-electron chi connectivity index (χ4n) is 4.86. The van der Waals surface area contributed by atoms with Gasteiger partial charge in [0, 0.05) is 18.8 Å². The summed E-state index contributed by atoms with van der Waals surface area (Å²) in [4.78, 5) is 13.0. The highest BCUT2D eigenvalue weighted by Gasteiger charge is 2.23. The molecular formula is C26H29N7OS. The molecule has 1 N–H and O–H groups in total. The summed E-state index contributed by atoms with van der Waals surface area (Å²) in [7, 11) is 0. The Morgan fingerprint density at radius 3 is 2.89 bits per heavy atom. The molecule has 2 aliphatic rings. The number of nitrogens with zero attached hydrogens (tertiary/aromatic N) is 6. The third kappa shape index (κ3) is 4.53. The van der Waals surface area contributed by atoms with Gasteiger partial charge >= 0.3 is 0 Å². The quantitative estimate of drug-likeness (QED) is 0.388. The average molecular weight is 488 g/mol. The van der Waals surface area contributed by atoms with Crippen LogP contribution in [-0.2, 0) is 0 Å². The Hall–Kier alpha value is -3.30. The summed E-state index contributed by atoms with van der Waals surface area (Å²) >= 11 is 1.62. The number of H-pyrrole nitrogens is 1. The Balaban J connectivity index is 1.33. The van der Waals surface area contributed by atoms with E-state index in [2.05, 4.69) is 44.4 Å². The molecule has 35 heavy (non-hydrogen) atoms. The Morgan fingerprint density at radius 2 is 2.09 bits per heavy atom. The lowest BCUT2D eigenvalue weighted by Gasteiger charge is -2.26. The van der Waals surface area contributed by atoms with Crippen LogP contribution in [0, 0.1) is 6.92 Å². The minimum atomic E-state index is 0.691. The number of fused-ring (bicyclic) bond motifs is 1. The third-order valence-electron chi connectivity index (χ3n) is 6.65. The molecule has 0 spiro atoms. The number of piperidine rings is 1. The summed E-state index contributed by atoms with van der Waals surface area (Å²) in [6.45, 7) is 6.06. The number of aromatic nitrogens is 6. The second kappa shape index (κ2) is 9.75. The van der Waals surface area contributed by atoms with Gasteiger partial charge in [-0.25, -0.2) is 14.5 Å². The summed E-state index contributed by atoms with van der Waals surface area (Å²) in [6, 6.07) is 4.07. The maximum Gasteiger partial charge on any atom is 0.167 e. The first-order chi connectivity index (χ1) is 17.3. The molecule has 1 aliphatic carbocycles. The van der Waals surface area contributed by atoms with Crippen LogP contribution in [0.5, 0.6) is 5.75 Å². The van der Waals surface area contributed by atoms with E-state index in [0.29, 0.717) is 6.61 Å². The van der Waals surface area contributed by atoms with Gasteiger partial charge in [-0.2, -0.15) is 10.2 Å². The summed E-state index contributed by atoms with van der Waals surface area (Å²) in [5.74, 6) is 1.60. The molecule has 1 aliphatic heterocycles. The molecule has 0 atom stereocenters. The number of thiazole rings is 1. The SMILES string of the molecule is Cc1nn2ccc(OCCN3CCCCC3)cc2c1-c1nc(C2=CCCC=C2)c(-c2ncn[nH]2)s1. The Bertz CT molecular complexity index is 1380. The smallest absolute Gasteiger partial charge is 0.167 e. The van der Waals surface area contributed by atoms with Crippen molar-refractivity contribution in [3.05, 3.63) is 54.3 Å². The summed E-state index contributed by atoms with van der Waals surface area (Å²) in [6.07, 6.45) is 16.1. The van der Waals surface area contributed by atoms with Crippen molar-refractivity contribution in [3.63, 3.8) is 0 Å². The molecule has 4 aromatic rings. The van der Waals surface area contributed by atoms with Crippen LogP contribution in [0.3, 0.4) is 0 Å². The van der Waals surface area contributed by atoms with Gasteiger partial charge in [-0.3, -0.25) is 10.00 Å². The first kappa shape index (κ1) is 22.2. The summed E-state index contributed by atoms with van der Waals surface area (Å²) in [5.41, 5.74) is 5.03. The van der Waals surface area contributed by atoms with Gasteiger partial charge in [-0.05, 0) is 57.3 Å². The fraction of sp³-hybridized carbons (Fsp3) is 0.385. The van der Waals surface area contributed by atoms with Crippen molar-refractivity contribution in [1.29, 1.82) is 0 Å². The van der Waals surface area contributed by atoms with Gasteiger partial charge in [0.25, 0.3) is 0 Å². The molecule has 0 amide bonds. The van der Waals surface area contributed by atoms with Gasteiger partial charge in [0.1, 0.15) is 23.7 Å². The average Bonchev–Trinajstić information content (AvgIpc) is 3.63. The van der Waals surface area contributed by atoms with Crippen LogP contribution in [-0.4, -0.2) is 60.9 Å². The summed E-state index contributed by atoms with van der Waals surface area (Å²) < 4.78 is 8.07. The number of aryl methyl sites for hydroxylation is 1. The van der Waals surface area contributed by atoms with Crippen LogP contribution in [0.2, 0.25) is 0 Å². The van der Waals surface area contributed by atoms with Crippen molar-refractivity contribution in [2.75, 3.05) is 26.2 Å². The van der Waals surface area contributed by atoms with E-state index in [1.807, 2.05) is 23.7 Å². The second-order valence-electron chi connectivity index (χ2n) is 9.07. The number of aromatic amines is 1. The number of ether oxygens (including phenoxy) is 1. The van der Waals surface area contributed by atoms with E-state index >= 15 is 0 Å². The predicted molar refractivity (Wildman–Crippen MR) is 139 cm³/mol. The van der Waals surface area contributed by atoms with Crippen molar-refractivity contribution in [2.45, 2.75) is 39.0 Å². The largest absolute Gasteiger partial charge is 0.492 e. The van der Waals surface area contributed by atoms with Gasteiger partial charge in [-0.1, -0.05) is 24.6 Å². The number of hydrogen-bond acceptors (Lipinski definition) is 7. The molecule has 0 radical (unpaired) electrons. The van der Waals surface area contributed by atoms with E-state index in [0.717, 1.165) is 68.9 Å². The summed E-state index contributed by atoms with van der Waals surface area (Å²) in [5, 5.41) is 12.8. The van der Waals surface area contributed by atoms with E-state index in [4.69, 9.17) is 14.8 Å². The number of rotatable bonds is 7. The Kier molecular flexibility index (Phi) is 6.18. The fourth-order valence-corrected chi connectivity index (χ4v) is 6.00. The normalized spacial score (nSPS) is 16.7.